The van der Waals surface area contributed by atoms with Gasteiger partial charge in [0.15, 0.2) is 0 Å². The zero-order valence-electron chi connectivity index (χ0n) is 7.16. The lowest BCUT2D eigenvalue weighted by atomic mass is 10.0. The van der Waals surface area contributed by atoms with Gasteiger partial charge < -0.3 is 10.5 Å². The molecule has 0 heterocycles. The number of hydrogen-bond donors (Lipinski definition) is 1. The molecule has 1 aliphatic rings. The van der Waals surface area contributed by atoms with E-state index in [1.165, 1.54) is 0 Å². The number of carbonyl (C=O) groups excluding carboxylic acids is 1. The fourth-order valence-electron chi connectivity index (χ4n) is 1.79. The van der Waals surface area contributed by atoms with Gasteiger partial charge in [0.1, 0.15) is 6.10 Å². The average Bonchev–Trinajstić information content (AvgIpc) is 2.37. The van der Waals surface area contributed by atoms with Crippen LogP contribution in [0.15, 0.2) is 12.7 Å². The van der Waals surface area contributed by atoms with E-state index in [2.05, 4.69) is 6.58 Å². The lowest BCUT2D eigenvalue weighted by Crippen LogP contribution is -2.25. The van der Waals surface area contributed by atoms with Crippen LogP contribution in [0.3, 0.4) is 0 Å². The van der Waals surface area contributed by atoms with Crippen molar-refractivity contribution in [1.82, 2.24) is 0 Å². The van der Waals surface area contributed by atoms with Gasteiger partial charge in [0, 0.05) is 0 Å². The Bertz CT molecular complexity index is 179. The monoisotopic (exact) mass is 169 g/mol. The van der Waals surface area contributed by atoms with E-state index >= 15 is 0 Å². The third-order valence-electron chi connectivity index (χ3n) is 2.33. The molecule has 0 bridgehead atoms. The van der Waals surface area contributed by atoms with Crippen LogP contribution in [0.5, 0.6) is 0 Å². The summed E-state index contributed by atoms with van der Waals surface area (Å²) in [7, 11) is 0. The molecule has 2 N–H and O–H groups in total. The summed E-state index contributed by atoms with van der Waals surface area (Å²) in [5, 5.41) is 0. The Morgan fingerprint density at radius 1 is 1.67 bits per heavy atom. The van der Waals surface area contributed by atoms with Crippen LogP contribution in [-0.4, -0.2) is 12.2 Å². The van der Waals surface area contributed by atoms with Crippen molar-refractivity contribution in [3.63, 3.8) is 0 Å². The van der Waals surface area contributed by atoms with Crippen molar-refractivity contribution in [2.24, 2.45) is 11.7 Å². The van der Waals surface area contributed by atoms with Gasteiger partial charge in [-0.1, -0.05) is 6.08 Å². The molecule has 0 aromatic carbocycles. The molecule has 2 atom stereocenters. The maximum absolute atomic E-state index is 10.5. The first-order valence-corrected chi connectivity index (χ1v) is 4.31. The molecule has 0 aromatic heterocycles. The molecule has 0 radical (unpaired) electrons. The van der Waals surface area contributed by atoms with Crippen molar-refractivity contribution in [1.29, 1.82) is 0 Å². The molecule has 1 rings (SSSR count). The van der Waals surface area contributed by atoms with Gasteiger partial charge >= 0.3 is 6.09 Å². The number of amides is 1. The molecule has 3 nitrogen and oxygen atoms in total. The second-order valence-corrected chi connectivity index (χ2v) is 3.19. The summed E-state index contributed by atoms with van der Waals surface area (Å²) >= 11 is 0. The molecule has 3 heteroatoms. The second-order valence-electron chi connectivity index (χ2n) is 3.19. The van der Waals surface area contributed by atoms with Gasteiger partial charge in [0.25, 0.3) is 0 Å². The van der Waals surface area contributed by atoms with Crippen LogP contribution >= 0.6 is 0 Å². The molecule has 68 valence electrons. The summed E-state index contributed by atoms with van der Waals surface area (Å²) < 4.78 is 4.97. The van der Waals surface area contributed by atoms with Gasteiger partial charge in [-0.2, -0.15) is 0 Å². The van der Waals surface area contributed by atoms with Crippen molar-refractivity contribution in [3.8, 4) is 0 Å². The van der Waals surface area contributed by atoms with E-state index in [9.17, 15) is 4.79 Å². The summed E-state index contributed by atoms with van der Waals surface area (Å²) in [6.45, 7) is 3.67. The molecule has 0 unspecified atom stereocenters. The highest BCUT2D eigenvalue weighted by Crippen LogP contribution is 2.30. The van der Waals surface area contributed by atoms with E-state index < -0.39 is 6.09 Å². The Kier molecular flexibility index (Phi) is 3.14. The Balaban J connectivity index is 2.40. The van der Waals surface area contributed by atoms with Crippen LogP contribution in [0.2, 0.25) is 0 Å². The maximum Gasteiger partial charge on any atom is 0.404 e. The molecule has 1 aliphatic carbocycles. The number of nitrogens with two attached hydrogens (primary N) is 1. The van der Waals surface area contributed by atoms with Crippen LogP contribution in [-0.2, 0) is 4.74 Å². The summed E-state index contributed by atoms with van der Waals surface area (Å²) in [6, 6.07) is 0. The van der Waals surface area contributed by atoms with Crippen molar-refractivity contribution in [3.05, 3.63) is 12.7 Å². The standard InChI is InChI=1S/C9H15NO2/c1-2-4-7-5-3-6-8(7)12-9(10)11/h2,7-8H,1,3-6H2,(H2,10,11)/t7-,8-/m1/s1. The molecule has 1 amide bonds. The van der Waals surface area contributed by atoms with E-state index in [-0.39, 0.29) is 6.10 Å². The Labute approximate surface area is 72.6 Å². The Hall–Kier alpha value is -0.990. The average molecular weight is 169 g/mol. The maximum atomic E-state index is 10.5. The number of ether oxygens (including phenoxy) is 1. The summed E-state index contributed by atoms with van der Waals surface area (Å²) in [6.07, 6.45) is 5.34. The van der Waals surface area contributed by atoms with Gasteiger partial charge in [-0.25, -0.2) is 4.79 Å². The van der Waals surface area contributed by atoms with Crippen LogP contribution in [0.1, 0.15) is 25.7 Å². The number of hydrogen-bond acceptors (Lipinski definition) is 2. The Morgan fingerprint density at radius 3 is 3.00 bits per heavy atom. The fraction of sp³-hybridized carbons (Fsp3) is 0.667. The van der Waals surface area contributed by atoms with Crippen LogP contribution < -0.4 is 5.73 Å². The first-order chi connectivity index (χ1) is 5.74. The molecule has 12 heavy (non-hydrogen) atoms. The summed E-state index contributed by atoms with van der Waals surface area (Å²) in [5.41, 5.74) is 4.94. The van der Waals surface area contributed by atoms with E-state index in [0.717, 1.165) is 25.7 Å². The largest absolute Gasteiger partial charge is 0.446 e. The highest BCUT2D eigenvalue weighted by molar-refractivity contribution is 5.64. The molecule has 0 aromatic rings. The predicted octanol–water partition coefficient (Wildman–Crippen LogP) is 1.83. The minimum absolute atomic E-state index is 0.0282. The smallest absolute Gasteiger partial charge is 0.404 e. The van der Waals surface area contributed by atoms with Crippen LogP contribution in [0.25, 0.3) is 0 Å². The number of carbonyl (C=O) groups is 1. The zero-order valence-corrected chi connectivity index (χ0v) is 7.16. The van der Waals surface area contributed by atoms with Crippen molar-refractivity contribution >= 4 is 6.09 Å². The van der Waals surface area contributed by atoms with E-state index in [4.69, 9.17) is 10.5 Å². The fourth-order valence-corrected chi connectivity index (χ4v) is 1.79. The molecular formula is C9H15NO2. The van der Waals surface area contributed by atoms with Gasteiger partial charge in [0.05, 0.1) is 0 Å². The first kappa shape index (κ1) is 9.10. The molecule has 1 saturated carbocycles. The van der Waals surface area contributed by atoms with Crippen molar-refractivity contribution < 1.29 is 9.53 Å². The van der Waals surface area contributed by atoms with Gasteiger partial charge in [-0.15, -0.1) is 6.58 Å². The van der Waals surface area contributed by atoms with E-state index in [0.29, 0.717) is 5.92 Å². The van der Waals surface area contributed by atoms with Gasteiger partial charge in [-0.3, -0.25) is 0 Å². The molecule has 0 spiro atoms. The third-order valence-corrected chi connectivity index (χ3v) is 2.33. The van der Waals surface area contributed by atoms with Gasteiger partial charge in [-0.05, 0) is 31.6 Å². The number of allylic oxidation sites excluding steroid dienone is 1. The molecule has 0 aliphatic heterocycles. The van der Waals surface area contributed by atoms with Crippen molar-refractivity contribution in [2.75, 3.05) is 0 Å². The lowest BCUT2D eigenvalue weighted by molar-refractivity contribution is 0.0840. The minimum Gasteiger partial charge on any atom is -0.446 e. The summed E-state index contributed by atoms with van der Waals surface area (Å²) in [4.78, 5) is 10.5. The molecule has 0 saturated heterocycles. The summed E-state index contributed by atoms with van der Waals surface area (Å²) in [5.74, 6) is 0.440. The topological polar surface area (TPSA) is 52.3 Å². The van der Waals surface area contributed by atoms with E-state index in [1.54, 1.807) is 0 Å². The van der Waals surface area contributed by atoms with Crippen molar-refractivity contribution in [2.45, 2.75) is 31.8 Å². The second kappa shape index (κ2) is 4.14. The lowest BCUT2D eigenvalue weighted by Gasteiger charge is -2.16. The van der Waals surface area contributed by atoms with E-state index in [1.807, 2.05) is 6.08 Å². The molecular weight excluding hydrogens is 154 g/mol. The normalized spacial score (nSPS) is 28.3. The quantitative estimate of drug-likeness (QED) is 0.655. The zero-order chi connectivity index (χ0) is 8.97. The van der Waals surface area contributed by atoms with Crippen LogP contribution in [0, 0.1) is 5.92 Å². The van der Waals surface area contributed by atoms with Crippen LogP contribution in [0.4, 0.5) is 4.79 Å². The highest BCUT2D eigenvalue weighted by atomic mass is 16.6. The highest BCUT2D eigenvalue weighted by Gasteiger charge is 2.28. The minimum atomic E-state index is -0.657. The third kappa shape index (κ3) is 2.26. The Morgan fingerprint density at radius 2 is 2.42 bits per heavy atom. The predicted molar refractivity (Wildman–Crippen MR) is 46.6 cm³/mol. The number of rotatable bonds is 3. The first-order valence-electron chi connectivity index (χ1n) is 4.31. The SMILES string of the molecule is C=CC[C@@H]1CCC[C@H]1OC(N)=O. The number of primary amides is 1. The molecule has 1 fully saturated rings. The van der Waals surface area contributed by atoms with Gasteiger partial charge in [0.2, 0.25) is 0 Å².